The van der Waals surface area contributed by atoms with Crippen LogP contribution in [0.15, 0.2) is 77.9 Å². The van der Waals surface area contributed by atoms with Gasteiger partial charge in [0.25, 0.3) is 10.0 Å². The Morgan fingerprint density at radius 1 is 1.11 bits per heavy atom. The summed E-state index contributed by atoms with van der Waals surface area (Å²) in [5, 5.41) is 19.2. The van der Waals surface area contributed by atoms with E-state index in [9.17, 15) is 18.4 Å². The lowest BCUT2D eigenvalue weighted by atomic mass is 10.0. The van der Waals surface area contributed by atoms with Crippen LogP contribution in [0, 0.1) is 4.91 Å². The molecule has 1 unspecified atom stereocenters. The van der Waals surface area contributed by atoms with Gasteiger partial charge in [0.15, 0.2) is 0 Å². The molecule has 3 rings (SSSR count). The minimum absolute atomic E-state index is 0.00163. The van der Waals surface area contributed by atoms with Gasteiger partial charge in [-0.2, -0.15) is 13.4 Å². The van der Waals surface area contributed by atoms with Crippen LogP contribution in [0.4, 0.5) is 23.1 Å². The number of benzene rings is 2. The second kappa shape index (κ2) is 10.9. The van der Waals surface area contributed by atoms with Crippen LogP contribution in [0.3, 0.4) is 0 Å². The summed E-state index contributed by atoms with van der Waals surface area (Å²) in [6.45, 7) is 5.27. The molecule has 0 bridgehead atoms. The summed E-state index contributed by atoms with van der Waals surface area (Å²) in [5.74, 6) is 0.882. The lowest BCUT2D eigenvalue weighted by molar-refractivity contribution is 0.0647. The van der Waals surface area contributed by atoms with E-state index >= 15 is 0 Å². The highest BCUT2D eigenvalue weighted by Gasteiger charge is 2.23. The average molecular weight is 582 g/mol. The normalized spacial score (nSPS) is 13.8. The number of nitroso groups, excluding NO2 is 1. The lowest BCUT2D eigenvalue weighted by Crippen LogP contribution is -2.39. The van der Waals surface area contributed by atoms with Crippen molar-refractivity contribution < 1.29 is 13.5 Å². The van der Waals surface area contributed by atoms with Crippen LogP contribution in [0.1, 0.15) is 20.8 Å². The Bertz CT molecular complexity index is 1340. The van der Waals surface area contributed by atoms with Crippen molar-refractivity contribution in [2.75, 3.05) is 16.9 Å². The van der Waals surface area contributed by atoms with E-state index in [1.165, 1.54) is 24.3 Å². The molecule has 0 fully saturated rings. The van der Waals surface area contributed by atoms with Crippen molar-refractivity contribution in [1.29, 1.82) is 0 Å². The van der Waals surface area contributed by atoms with E-state index < -0.39 is 26.3 Å². The van der Waals surface area contributed by atoms with Crippen LogP contribution in [-0.2, 0) is 20.7 Å². The third-order valence-corrected chi connectivity index (χ3v) is 9.14. The van der Waals surface area contributed by atoms with Crippen LogP contribution in [0.2, 0.25) is 0 Å². The quantitative estimate of drug-likeness (QED) is 0.295. The molecule has 35 heavy (non-hydrogen) atoms. The van der Waals surface area contributed by atoms with Gasteiger partial charge in [-0.25, -0.2) is 4.98 Å². The van der Waals surface area contributed by atoms with Gasteiger partial charge in [0.1, 0.15) is 11.5 Å². The number of aliphatic hydroxyl groups is 1. The summed E-state index contributed by atoms with van der Waals surface area (Å²) in [7, 11) is -4.83. The smallest absolute Gasteiger partial charge is 0.288 e. The van der Waals surface area contributed by atoms with Crippen LogP contribution in [-0.4, -0.2) is 41.4 Å². The third-order valence-electron chi connectivity index (χ3n) is 5.06. The number of sulfonamides is 1. The number of nitrogens with zero attached hydrogens (tertiary/aromatic N) is 4. The molecular weight excluding hydrogens is 556 g/mol. The molecule has 0 amide bonds. The van der Waals surface area contributed by atoms with E-state index in [1.807, 2.05) is 6.92 Å². The molecule has 2 aromatic carbocycles. The number of aromatic nitrogens is 2. The molecule has 2 atom stereocenters. The van der Waals surface area contributed by atoms with E-state index in [0.29, 0.717) is 21.9 Å². The van der Waals surface area contributed by atoms with Crippen molar-refractivity contribution in [3.05, 3.63) is 64.1 Å². The first-order valence-electron chi connectivity index (χ1n) is 10.3. The van der Waals surface area contributed by atoms with Crippen LogP contribution < -0.4 is 10.6 Å². The van der Waals surface area contributed by atoms with Gasteiger partial charge >= 0.3 is 0 Å². The molecule has 0 saturated carbocycles. The first-order chi connectivity index (χ1) is 16.4. The molecule has 13 heteroatoms. The fourth-order valence-corrected chi connectivity index (χ4v) is 5.87. The highest BCUT2D eigenvalue weighted by Crippen LogP contribution is 2.25. The SMILES string of the molecule is C[C@@H](Nc1nc(Nc2ccc(S(C)=NS(=O)(=O)c3ccc(N=O)cc3)cc2)ncc1Br)C(C)(C)O. The zero-order valence-corrected chi connectivity index (χ0v) is 22.6. The van der Waals surface area contributed by atoms with Gasteiger partial charge in [-0.15, -0.1) is 8.68 Å². The molecule has 1 aromatic heterocycles. The van der Waals surface area contributed by atoms with Crippen molar-refractivity contribution >= 4 is 59.8 Å². The molecule has 1 heterocycles. The zero-order chi connectivity index (χ0) is 25.8. The number of halogens is 1. The van der Waals surface area contributed by atoms with E-state index in [-0.39, 0.29) is 16.6 Å². The third kappa shape index (κ3) is 7.13. The van der Waals surface area contributed by atoms with Crippen molar-refractivity contribution in [3.63, 3.8) is 0 Å². The van der Waals surface area contributed by atoms with Crippen LogP contribution in [0.5, 0.6) is 0 Å². The zero-order valence-electron chi connectivity index (χ0n) is 19.4. The van der Waals surface area contributed by atoms with E-state index in [4.69, 9.17) is 0 Å². The Hall–Kier alpha value is -2.74. The van der Waals surface area contributed by atoms with E-state index in [1.54, 1.807) is 50.6 Å². The van der Waals surface area contributed by atoms with Gasteiger partial charge in [0.2, 0.25) is 5.95 Å². The topological polar surface area (TPSA) is 146 Å². The molecule has 0 radical (unpaired) electrons. The van der Waals surface area contributed by atoms with Crippen LogP contribution >= 0.6 is 15.9 Å². The molecule has 0 spiro atoms. The molecule has 10 nitrogen and oxygen atoms in total. The van der Waals surface area contributed by atoms with Crippen molar-refractivity contribution in [3.8, 4) is 0 Å². The van der Waals surface area contributed by atoms with E-state index in [2.05, 4.69) is 45.5 Å². The van der Waals surface area contributed by atoms with Gasteiger partial charge in [-0.05, 0) is 96.7 Å². The minimum Gasteiger partial charge on any atom is -0.388 e. The molecule has 186 valence electrons. The molecule has 0 aliphatic rings. The largest absolute Gasteiger partial charge is 0.388 e. The Morgan fingerprint density at radius 3 is 2.31 bits per heavy atom. The Labute approximate surface area is 214 Å². The summed E-state index contributed by atoms with van der Waals surface area (Å²) < 4.78 is 29.9. The number of anilines is 3. The second-order valence-corrected chi connectivity index (χ2v) is 12.5. The van der Waals surface area contributed by atoms with Gasteiger partial charge in [0.05, 0.1) is 21.0 Å². The standard InChI is InChI=1S/C22H25BrN6O4S2/c1-14(22(2,3)30)25-20-19(23)13-24-21(27-20)26-15-5-9-17(10-6-15)34(4)29-35(32,33)18-11-7-16(28-31)8-12-18/h5-14,30H,1-4H3,(H2,24,25,26,27)/t14-,34?/m1/s1. The second-order valence-electron chi connectivity index (χ2n) is 8.17. The summed E-state index contributed by atoms with van der Waals surface area (Å²) in [6.07, 6.45) is 3.31. The van der Waals surface area contributed by atoms with Gasteiger partial charge in [-0.3, -0.25) is 0 Å². The molecule has 0 aliphatic heterocycles. The fraction of sp³-hybridized carbons (Fsp3) is 0.273. The first-order valence-corrected chi connectivity index (χ1v) is 14.2. The monoisotopic (exact) mass is 580 g/mol. The molecular formula is C22H25BrN6O4S2. The molecule has 0 aliphatic carbocycles. The number of rotatable bonds is 9. The maximum absolute atomic E-state index is 12.6. The summed E-state index contributed by atoms with van der Waals surface area (Å²) in [6, 6.07) is 12.1. The Balaban J connectivity index is 1.75. The predicted octanol–water partition coefficient (Wildman–Crippen LogP) is 5.13. The highest BCUT2D eigenvalue weighted by molar-refractivity contribution is 9.10. The maximum atomic E-state index is 12.6. The average Bonchev–Trinajstić information content (AvgIpc) is 2.80. The van der Waals surface area contributed by atoms with Crippen molar-refractivity contribution in [1.82, 2.24) is 9.97 Å². The van der Waals surface area contributed by atoms with Gasteiger partial charge in [-0.1, -0.05) is 10.7 Å². The molecule has 0 saturated heterocycles. The summed E-state index contributed by atoms with van der Waals surface area (Å²) >= 11 is 3.41. The Kier molecular flexibility index (Phi) is 8.36. The Morgan fingerprint density at radius 2 is 1.74 bits per heavy atom. The van der Waals surface area contributed by atoms with Gasteiger partial charge in [0, 0.05) is 16.8 Å². The lowest BCUT2D eigenvalue weighted by Gasteiger charge is -2.27. The number of hydrogen-bond donors (Lipinski definition) is 3. The predicted molar refractivity (Wildman–Crippen MR) is 142 cm³/mol. The maximum Gasteiger partial charge on any atom is 0.288 e. The number of hydrogen-bond acceptors (Lipinski definition) is 9. The highest BCUT2D eigenvalue weighted by atomic mass is 79.9. The number of nitrogens with one attached hydrogen (secondary N) is 2. The summed E-state index contributed by atoms with van der Waals surface area (Å²) in [5.41, 5.74) is -0.0960. The van der Waals surface area contributed by atoms with Crippen molar-refractivity contribution in [2.24, 2.45) is 8.94 Å². The van der Waals surface area contributed by atoms with E-state index in [0.717, 1.165) is 4.90 Å². The molecule has 3 aromatic rings. The van der Waals surface area contributed by atoms with Gasteiger partial charge < -0.3 is 15.7 Å². The van der Waals surface area contributed by atoms with Crippen LogP contribution in [0.25, 0.3) is 0 Å². The summed E-state index contributed by atoms with van der Waals surface area (Å²) in [4.78, 5) is 20.0. The fourth-order valence-electron chi connectivity index (χ4n) is 2.69. The molecule has 3 N–H and O–H groups in total. The van der Waals surface area contributed by atoms with Crippen molar-refractivity contribution in [2.45, 2.75) is 42.2 Å². The minimum atomic E-state index is -3.89. The first kappa shape index (κ1) is 26.9.